The van der Waals surface area contributed by atoms with Crippen LogP contribution in [0, 0.1) is 11.8 Å². The summed E-state index contributed by atoms with van der Waals surface area (Å²) in [5.41, 5.74) is 0.503. The molecule has 4 fully saturated rings. The van der Waals surface area contributed by atoms with E-state index in [1.807, 2.05) is 0 Å². The Kier molecular flexibility index (Phi) is 1.47. The predicted octanol–water partition coefficient (Wildman–Crippen LogP) is 3.13. The van der Waals surface area contributed by atoms with E-state index in [0.717, 1.165) is 11.8 Å². The van der Waals surface area contributed by atoms with Crippen molar-refractivity contribution < 1.29 is 4.74 Å². The standard InChI is InChI=1S/C12H20O/c1-11-7-5-10-9(8-11)4-3-6-12(10,2)13-11/h9-10H,3-8H2,1-2H3/t9-,10+,11-,12-/m1/s1. The Labute approximate surface area is 80.8 Å². The molecule has 0 radical (unpaired) electrons. The summed E-state index contributed by atoms with van der Waals surface area (Å²) in [6.45, 7) is 4.69. The van der Waals surface area contributed by atoms with Crippen LogP contribution in [-0.2, 0) is 4.74 Å². The summed E-state index contributed by atoms with van der Waals surface area (Å²) in [5, 5.41) is 0. The van der Waals surface area contributed by atoms with Crippen LogP contribution in [0.1, 0.15) is 52.4 Å². The first-order chi connectivity index (χ1) is 6.11. The second-order valence-electron chi connectivity index (χ2n) is 5.87. The molecule has 1 nitrogen and oxygen atoms in total. The average Bonchev–Trinajstić information content (AvgIpc) is 2.00. The third-order valence-electron chi connectivity index (χ3n) is 4.76. The summed E-state index contributed by atoms with van der Waals surface area (Å²) in [6, 6.07) is 0. The van der Waals surface area contributed by atoms with Gasteiger partial charge in [-0.3, -0.25) is 0 Å². The predicted molar refractivity (Wildman–Crippen MR) is 52.6 cm³/mol. The zero-order chi connectivity index (χ0) is 9.10. The molecule has 0 unspecified atom stereocenters. The molecule has 4 atom stereocenters. The number of rotatable bonds is 0. The van der Waals surface area contributed by atoms with Crippen LogP contribution in [-0.4, -0.2) is 11.2 Å². The molecule has 0 spiro atoms. The molecule has 0 aromatic carbocycles. The lowest BCUT2D eigenvalue weighted by Crippen LogP contribution is -2.61. The Morgan fingerprint density at radius 1 is 1.15 bits per heavy atom. The molecule has 2 aliphatic heterocycles. The van der Waals surface area contributed by atoms with Crippen molar-refractivity contribution in [2.24, 2.45) is 11.8 Å². The Morgan fingerprint density at radius 3 is 2.69 bits per heavy atom. The minimum atomic E-state index is 0.245. The normalized spacial score (nSPS) is 59.5. The van der Waals surface area contributed by atoms with Crippen molar-refractivity contribution in [3.8, 4) is 0 Å². The van der Waals surface area contributed by atoms with Gasteiger partial charge in [-0.15, -0.1) is 0 Å². The van der Waals surface area contributed by atoms with Crippen molar-refractivity contribution in [1.29, 1.82) is 0 Å². The van der Waals surface area contributed by atoms with Crippen molar-refractivity contribution in [3.63, 3.8) is 0 Å². The van der Waals surface area contributed by atoms with E-state index in [9.17, 15) is 0 Å². The van der Waals surface area contributed by atoms with Crippen LogP contribution in [0.4, 0.5) is 0 Å². The van der Waals surface area contributed by atoms with E-state index in [1.54, 1.807) is 0 Å². The van der Waals surface area contributed by atoms with Gasteiger partial charge in [-0.25, -0.2) is 0 Å². The van der Waals surface area contributed by atoms with E-state index < -0.39 is 0 Å². The molecule has 2 saturated heterocycles. The zero-order valence-electron chi connectivity index (χ0n) is 8.81. The molecule has 2 heterocycles. The quantitative estimate of drug-likeness (QED) is 0.556. The van der Waals surface area contributed by atoms with Crippen LogP contribution in [0.25, 0.3) is 0 Å². The van der Waals surface area contributed by atoms with Gasteiger partial charge < -0.3 is 4.74 Å². The Balaban J connectivity index is 1.98. The second-order valence-corrected chi connectivity index (χ2v) is 5.87. The molecule has 0 aromatic heterocycles. The van der Waals surface area contributed by atoms with Crippen LogP contribution < -0.4 is 0 Å². The molecule has 4 rings (SSSR count). The summed E-state index contributed by atoms with van der Waals surface area (Å²) in [6.07, 6.45) is 8.26. The van der Waals surface area contributed by atoms with Gasteiger partial charge >= 0.3 is 0 Å². The largest absolute Gasteiger partial charge is 0.369 e. The highest BCUT2D eigenvalue weighted by Crippen LogP contribution is 2.57. The van der Waals surface area contributed by atoms with Gasteiger partial charge in [-0.2, -0.15) is 0 Å². The molecule has 2 saturated carbocycles. The number of fused-ring (bicyclic) bond motifs is 1. The minimum Gasteiger partial charge on any atom is -0.369 e. The molecule has 0 N–H and O–H groups in total. The van der Waals surface area contributed by atoms with Crippen LogP contribution in [0.15, 0.2) is 0 Å². The van der Waals surface area contributed by atoms with E-state index in [1.165, 1.54) is 38.5 Å². The molecular weight excluding hydrogens is 160 g/mol. The summed E-state index contributed by atoms with van der Waals surface area (Å²) in [4.78, 5) is 0. The second kappa shape index (κ2) is 2.31. The smallest absolute Gasteiger partial charge is 0.0692 e. The number of hydrogen-bond acceptors (Lipinski definition) is 1. The summed E-state index contributed by atoms with van der Waals surface area (Å²) < 4.78 is 6.33. The van der Waals surface area contributed by atoms with E-state index in [-0.39, 0.29) is 11.2 Å². The van der Waals surface area contributed by atoms with Gasteiger partial charge in [0.2, 0.25) is 0 Å². The SMILES string of the molecule is C[C@]12CC[C@H]3[C@H](CCC[C@@]3(C)O1)C2. The van der Waals surface area contributed by atoms with Gasteiger partial charge in [0.15, 0.2) is 0 Å². The maximum atomic E-state index is 6.33. The fourth-order valence-electron chi connectivity index (χ4n) is 4.29. The molecule has 4 aliphatic rings. The molecule has 13 heavy (non-hydrogen) atoms. The van der Waals surface area contributed by atoms with Gasteiger partial charge in [-0.1, -0.05) is 6.42 Å². The Bertz CT molecular complexity index is 237. The van der Waals surface area contributed by atoms with E-state index >= 15 is 0 Å². The maximum absolute atomic E-state index is 6.33. The average molecular weight is 180 g/mol. The van der Waals surface area contributed by atoms with Crippen LogP contribution in [0.5, 0.6) is 0 Å². The van der Waals surface area contributed by atoms with Gasteiger partial charge in [0.25, 0.3) is 0 Å². The fraction of sp³-hybridized carbons (Fsp3) is 1.00. The topological polar surface area (TPSA) is 9.23 Å². The van der Waals surface area contributed by atoms with Crippen LogP contribution >= 0.6 is 0 Å². The Morgan fingerprint density at radius 2 is 2.00 bits per heavy atom. The van der Waals surface area contributed by atoms with Gasteiger partial charge in [-0.05, 0) is 57.8 Å². The summed E-state index contributed by atoms with van der Waals surface area (Å²) in [7, 11) is 0. The Hall–Kier alpha value is -0.0400. The first kappa shape index (κ1) is 8.28. The number of hydrogen-bond donors (Lipinski definition) is 0. The maximum Gasteiger partial charge on any atom is 0.0692 e. The zero-order valence-corrected chi connectivity index (χ0v) is 8.81. The van der Waals surface area contributed by atoms with Crippen molar-refractivity contribution in [3.05, 3.63) is 0 Å². The molecule has 0 amide bonds. The summed E-state index contributed by atoms with van der Waals surface area (Å²) in [5.74, 6) is 1.88. The van der Waals surface area contributed by atoms with Crippen LogP contribution in [0.2, 0.25) is 0 Å². The molecule has 0 aromatic rings. The highest BCUT2D eigenvalue weighted by atomic mass is 16.5. The molecule has 4 bridgehead atoms. The monoisotopic (exact) mass is 180 g/mol. The molecule has 2 aliphatic carbocycles. The lowest BCUT2D eigenvalue weighted by molar-refractivity contribution is -0.273. The van der Waals surface area contributed by atoms with Gasteiger partial charge in [0.1, 0.15) is 0 Å². The third-order valence-corrected chi connectivity index (χ3v) is 4.76. The summed E-state index contributed by atoms with van der Waals surface area (Å²) >= 11 is 0. The first-order valence-corrected chi connectivity index (χ1v) is 5.82. The van der Waals surface area contributed by atoms with E-state index in [4.69, 9.17) is 4.74 Å². The van der Waals surface area contributed by atoms with Gasteiger partial charge in [0.05, 0.1) is 11.2 Å². The van der Waals surface area contributed by atoms with E-state index in [2.05, 4.69) is 13.8 Å². The van der Waals surface area contributed by atoms with Crippen LogP contribution in [0.3, 0.4) is 0 Å². The van der Waals surface area contributed by atoms with Crippen molar-refractivity contribution in [2.45, 2.75) is 63.6 Å². The van der Waals surface area contributed by atoms with Gasteiger partial charge in [0, 0.05) is 0 Å². The first-order valence-electron chi connectivity index (χ1n) is 5.82. The van der Waals surface area contributed by atoms with Crippen molar-refractivity contribution >= 4 is 0 Å². The van der Waals surface area contributed by atoms with E-state index in [0.29, 0.717) is 0 Å². The van der Waals surface area contributed by atoms with Crippen molar-refractivity contribution in [1.82, 2.24) is 0 Å². The third kappa shape index (κ3) is 1.03. The molecule has 1 heteroatoms. The molecular formula is C12H20O. The highest BCUT2D eigenvalue weighted by Gasteiger charge is 2.56. The lowest BCUT2D eigenvalue weighted by atomic mass is 9.57. The minimum absolute atomic E-state index is 0.245. The molecule has 74 valence electrons. The number of ether oxygens (including phenoxy) is 1. The fourth-order valence-corrected chi connectivity index (χ4v) is 4.29. The highest BCUT2D eigenvalue weighted by molar-refractivity contribution is 5.05. The lowest BCUT2D eigenvalue weighted by Gasteiger charge is -2.61. The van der Waals surface area contributed by atoms with Crippen molar-refractivity contribution in [2.75, 3.05) is 0 Å².